The highest BCUT2D eigenvalue weighted by atomic mass is 16.2. The Labute approximate surface area is 160 Å². The quantitative estimate of drug-likeness (QED) is 0.892. The molecule has 0 unspecified atom stereocenters. The van der Waals surface area contributed by atoms with Gasteiger partial charge >= 0.3 is 0 Å². The Morgan fingerprint density at radius 2 is 2.04 bits per heavy atom. The second-order valence-corrected chi connectivity index (χ2v) is 8.53. The van der Waals surface area contributed by atoms with E-state index >= 15 is 0 Å². The summed E-state index contributed by atoms with van der Waals surface area (Å²) in [6, 6.07) is 0.234. The van der Waals surface area contributed by atoms with Crippen LogP contribution in [0.4, 0.5) is 0 Å². The number of H-pyrrole nitrogens is 1. The van der Waals surface area contributed by atoms with Crippen LogP contribution in [0.15, 0.2) is 6.20 Å². The minimum absolute atomic E-state index is 0.0741. The van der Waals surface area contributed by atoms with Gasteiger partial charge in [0.05, 0.1) is 30.0 Å². The van der Waals surface area contributed by atoms with Crippen LogP contribution in [0, 0.1) is 12.8 Å². The molecule has 1 atom stereocenters. The molecule has 2 aliphatic rings. The first kappa shape index (κ1) is 18.2. The molecule has 7 nitrogen and oxygen atoms in total. The molecule has 0 spiro atoms. The molecule has 2 aromatic heterocycles. The van der Waals surface area contributed by atoms with Gasteiger partial charge in [-0.05, 0) is 32.1 Å². The number of aromatic nitrogens is 5. The van der Waals surface area contributed by atoms with Gasteiger partial charge in [0.2, 0.25) is 0 Å². The highest BCUT2D eigenvalue weighted by Gasteiger charge is 2.33. The Kier molecular flexibility index (Phi) is 5.02. The van der Waals surface area contributed by atoms with Crippen LogP contribution in [0.5, 0.6) is 0 Å². The summed E-state index contributed by atoms with van der Waals surface area (Å²) in [5, 5.41) is 16.0. The molecule has 27 heavy (non-hydrogen) atoms. The van der Waals surface area contributed by atoms with Crippen LogP contribution in [0.3, 0.4) is 0 Å². The van der Waals surface area contributed by atoms with Crippen molar-refractivity contribution in [3.8, 4) is 0 Å². The van der Waals surface area contributed by atoms with Gasteiger partial charge in [-0.1, -0.05) is 33.1 Å². The summed E-state index contributed by atoms with van der Waals surface area (Å²) in [6.45, 7) is 7.66. The number of carbonyl (C=O) groups is 1. The van der Waals surface area contributed by atoms with Crippen LogP contribution >= 0.6 is 0 Å². The molecule has 0 radical (unpaired) electrons. The van der Waals surface area contributed by atoms with E-state index in [0.29, 0.717) is 24.9 Å². The molecule has 1 fully saturated rings. The zero-order chi connectivity index (χ0) is 19.0. The average molecular weight is 371 g/mol. The number of nitrogens with one attached hydrogen (secondary N) is 1. The molecule has 3 heterocycles. The van der Waals surface area contributed by atoms with Crippen molar-refractivity contribution in [1.82, 2.24) is 29.9 Å². The van der Waals surface area contributed by atoms with Gasteiger partial charge in [-0.25, -0.2) is 0 Å². The number of carbonyl (C=O) groups excluding carboxylic acids is 1. The van der Waals surface area contributed by atoms with Crippen molar-refractivity contribution in [1.29, 1.82) is 0 Å². The Balaban J connectivity index is 1.59. The van der Waals surface area contributed by atoms with Gasteiger partial charge < -0.3 is 9.47 Å². The Bertz CT molecular complexity index is 801. The van der Waals surface area contributed by atoms with Gasteiger partial charge in [-0.15, -0.1) is 10.2 Å². The lowest BCUT2D eigenvalue weighted by atomic mass is 9.85. The zero-order valence-corrected chi connectivity index (χ0v) is 16.6. The number of hydrogen-bond donors (Lipinski definition) is 1. The molecule has 1 amide bonds. The number of fused-ring (bicyclic) bond motifs is 1. The molecule has 0 bridgehead atoms. The molecule has 146 valence electrons. The first-order valence-corrected chi connectivity index (χ1v) is 10.3. The van der Waals surface area contributed by atoms with Crippen molar-refractivity contribution in [3.63, 3.8) is 0 Å². The third kappa shape index (κ3) is 3.51. The van der Waals surface area contributed by atoms with E-state index < -0.39 is 0 Å². The van der Waals surface area contributed by atoms with Crippen LogP contribution in [0.1, 0.15) is 92.0 Å². The van der Waals surface area contributed by atoms with Gasteiger partial charge in [0, 0.05) is 12.5 Å². The third-order valence-corrected chi connectivity index (χ3v) is 6.01. The number of amides is 1. The predicted octanol–water partition coefficient (Wildman–Crippen LogP) is 3.60. The van der Waals surface area contributed by atoms with Crippen molar-refractivity contribution in [3.05, 3.63) is 29.1 Å². The fraction of sp³-hybridized carbons (Fsp3) is 0.700. The molecule has 1 N–H and O–H groups in total. The van der Waals surface area contributed by atoms with Crippen LogP contribution < -0.4 is 0 Å². The van der Waals surface area contributed by atoms with Crippen molar-refractivity contribution in [2.24, 2.45) is 5.92 Å². The summed E-state index contributed by atoms with van der Waals surface area (Å²) in [5.41, 5.74) is 1.78. The van der Waals surface area contributed by atoms with Crippen molar-refractivity contribution < 1.29 is 4.79 Å². The summed E-state index contributed by atoms with van der Waals surface area (Å²) >= 11 is 0. The second kappa shape index (κ2) is 7.44. The molecule has 2 aromatic rings. The Morgan fingerprint density at radius 3 is 2.78 bits per heavy atom. The average Bonchev–Trinajstić information content (AvgIpc) is 3.28. The summed E-state index contributed by atoms with van der Waals surface area (Å²) in [6.07, 6.45) is 8.79. The molecular formula is C20H30N6O. The maximum Gasteiger partial charge on any atom is 0.257 e. The molecule has 0 saturated heterocycles. The van der Waals surface area contributed by atoms with Crippen LogP contribution in [0.25, 0.3) is 0 Å². The van der Waals surface area contributed by atoms with Gasteiger partial charge in [0.25, 0.3) is 5.91 Å². The van der Waals surface area contributed by atoms with E-state index in [1.165, 1.54) is 19.3 Å². The Hall–Kier alpha value is -2.18. The smallest absolute Gasteiger partial charge is 0.257 e. The molecular weight excluding hydrogens is 340 g/mol. The van der Waals surface area contributed by atoms with E-state index in [1.807, 2.05) is 11.8 Å². The second-order valence-electron chi connectivity index (χ2n) is 8.53. The van der Waals surface area contributed by atoms with E-state index in [9.17, 15) is 4.79 Å². The SMILES string of the molecule is Cc1nnc2n1[C@@H](CC(C)C)CN(C(=O)c1cn[nH]c1C1CCCCC1)C2. The number of aryl methyl sites for hydroxylation is 1. The zero-order valence-electron chi connectivity index (χ0n) is 16.6. The Morgan fingerprint density at radius 1 is 1.26 bits per heavy atom. The minimum atomic E-state index is 0.0741. The number of aromatic amines is 1. The van der Waals surface area contributed by atoms with Crippen molar-refractivity contribution >= 4 is 5.91 Å². The fourth-order valence-electron chi connectivity index (χ4n) is 4.79. The lowest BCUT2D eigenvalue weighted by Crippen LogP contribution is -2.42. The van der Waals surface area contributed by atoms with Gasteiger partial charge in [-0.2, -0.15) is 5.10 Å². The largest absolute Gasteiger partial charge is 0.329 e. The lowest BCUT2D eigenvalue weighted by Gasteiger charge is -2.35. The first-order chi connectivity index (χ1) is 13.0. The molecule has 1 aliphatic heterocycles. The third-order valence-electron chi connectivity index (χ3n) is 6.01. The van der Waals surface area contributed by atoms with Gasteiger partial charge in [0.1, 0.15) is 5.82 Å². The van der Waals surface area contributed by atoms with Crippen LogP contribution in [-0.4, -0.2) is 42.3 Å². The van der Waals surface area contributed by atoms with Crippen molar-refractivity contribution in [2.75, 3.05) is 6.54 Å². The molecule has 7 heteroatoms. The van der Waals surface area contributed by atoms with Crippen LogP contribution in [-0.2, 0) is 6.54 Å². The maximum atomic E-state index is 13.4. The normalized spacial score (nSPS) is 20.9. The van der Waals surface area contributed by atoms with Crippen LogP contribution in [0.2, 0.25) is 0 Å². The summed E-state index contributed by atoms with van der Waals surface area (Å²) in [5.74, 6) is 2.88. The standard InChI is InChI=1S/C20H30N6O/c1-13(2)9-16-11-25(12-18-23-22-14(3)26(16)18)20(27)17-10-21-24-19(17)15-7-5-4-6-8-15/h10,13,15-16H,4-9,11-12H2,1-3H3,(H,21,24)/t16-/m0/s1. The first-order valence-electron chi connectivity index (χ1n) is 10.3. The molecule has 4 rings (SSSR count). The van der Waals surface area contributed by atoms with Gasteiger partial charge in [0.15, 0.2) is 5.82 Å². The lowest BCUT2D eigenvalue weighted by molar-refractivity contribution is 0.0658. The summed E-state index contributed by atoms with van der Waals surface area (Å²) < 4.78 is 2.22. The number of hydrogen-bond acceptors (Lipinski definition) is 4. The molecule has 0 aromatic carbocycles. The predicted molar refractivity (Wildman–Crippen MR) is 102 cm³/mol. The highest BCUT2D eigenvalue weighted by Crippen LogP contribution is 2.34. The number of nitrogens with zero attached hydrogens (tertiary/aromatic N) is 5. The monoisotopic (exact) mass is 370 g/mol. The van der Waals surface area contributed by atoms with Gasteiger partial charge in [-0.3, -0.25) is 9.89 Å². The fourth-order valence-corrected chi connectivity index (χ4v) is 4.79. The van der Waals surface area contributed by atoms with E-state index in [1.54, 1.807) is 6.20 Å². The summed E-state index contributed by atoms with van der Waals surface area (Å²) in [7, 11) is 0. The topological polar surface area (TPSA) is 79.7 Å². The minimum Gasteiger partial charge on any atom is -0.329 e. The molecule has 1 aliphatic carbocycles. The maximum absolute atomic E-state index is 13.4. The summed E-state index contributed by atoms with van der Waals surface area (Å²) in [4.78, 5) is 15.3. The van der Waals surface area contributed by atoms with E-state index in [2.05, 4.69) is 38.8 Å². The van der Waals surface area contributed by atoms with E-state index in [0.717, 1.165) is 42.2 Å². The number of rotatable bonds is 4. The van der Waals surface area contributed by atoms with E-state index in [4.69, 9.17) is 0 Å². The highest BCUT2D eigenvalue weighted by molar-refractivity contribution is 5.95. The van der Waals surface area contributed by atoms with Crippen molar-refractivity contribution in [2.45, 2.75) is 77.8 Å². The molecule has 1 saturated carbocycles. The van der Waals surface area contributed by atoms with E-state index in [-0.39, 0.29) is 11.9 Å².